The van der Waals surface area contributed by atoms with E-state index in [0.29, 0.717) is 0 Å². The molecule has 3 rings (SSSR count). The molecule has 3 nitrogen and oxygen atoms in total. The van der Waals surface area contributed by atoms with E-state index < -0.39 is 0 Å². The Labute approximate surface area is 136 Å². The minimum atomic E-state index is -0.00873. The first-order valence-electron chi connectivity index (χ1n) is 7.51. The maximum absolute atomic E-state index is 6.29. The van der Waals surface area contributed by atoms with Crippen molar-refractivity contribution in [3.63, 3.8) is 0 Å². The first kappa shape index (κ1) is 15.2. The Bertz CT molecular complexity index is 642. The van der Waals surface area contributed by atoms with Gasteiger partial charge >= 0.3 is 0 Å². The van der Waals surface area contributed by atoms with Crippen LogP contribution in [0.3, 0.4) is 0 Å². The van der Waals surface area contributed by atoms with Gasteiger partial charge in [-0.15, -0.1) is 0 Å². The van der Waals surface area contributed by atoms with E-state index >= 15 is 0 Å². The summed E-state index contributed by atoms with van der Waals surface area (Å²) in [5, 5.41) is 0.742. The highest BCUT2D eigenvalue weighted by molar-refractivity contribution is 6.30. The molecule has 4 heteroatoms. The average molecular weight is 318 g/mol. The zero-order valence-electron chi connectivity index (χ0n) is 12.9. The summed E-state index contributed by atoms with van der Waals surface area (Å²) in [5.41, 5.74) is 2.33. The van der Waals surface area contributed by atoms with Crippen LogP contribution in [0, 0.1) is 0 Å². The number of halogens is 1. The second-order valence-corrected chi connectivity index (χ2v) is 5.90. The van der Waals surface area contributed by atoms with Gasteiger partial charge in [0, 0.05) is 29.7 Å². The summed E-state index contributed by atoms with van der Waals surface area (Å²) in [6.07, 6.45) is -0.00873. The Balaban J connectivity index is 1.95. The normalized spacial score (nSPS) is 18.2. The quantitative estimate of drug-likeness (QED) is 0.842. The zero-order valence-corrected chi connectivity index (χ0v) is 13.6. The van der Waals surface area contributed by atoms with Crippen molar-refractivity contribution in [1.82, 2.24) is 4.90 Å². The van der Waals surface area contributed by atoms with Gasteiger partial charge in [0.2, 0.25) is 0 Å². The van der Waals surface area contributed by atoms with E-state index in [1.807, 2.05) is 36.4 Å². The standard InChI is InChI=1S/C18H20ClNO2/c1-3-20-11-14-6-9-16(21-2)10-17(14)22-18(12-20)13-4-7-15(19)8-5-13/h4-10,18H,3,11-12H2,1-2H3. The van der Waals surface area contributed by atoms with Gasteiger partial charge < -0.3 is 9.47 Å². The number of fused-ring (bicyclic) bond motifs is 1. The van der Waals surface area contributed by atoms with E-state index in [-0.39, 0.29) is 6.10 Å². The molecular weight excluding hydrogens is 298 g/mol. The van der Waals surface area contributed by atoms with Crippen molar-refractivity contribution in [1.29, 1.82) is 0 Å². The number of rotatable bonds is 3. The number of benzene rings is 2. The first-order chi connectivity index (χ1) is 10.7. The van der Waals surface area contributed by atoms with Crippen molar-refractivity contribution >= 4 is 11.6 Å². The Hall–Kier alpha value is -1.71. The fraction of sp³-hybridized carbons (Fsp3) is 0.333. The Morgan fingerprint density at radius 1 is 1.23 bits per heavy atom. The minimum absolute atomic E-state index is 0.00873. The van der Waals surface area contributed by atoms with Gasteiger partial charge in [0.25, 0.3) is 0 Å². The topological polar surface area (TPSA) is 21.7 Å². The Morgan fingerprint density at radius 2 is 2.00 bits per heavy atom. The molecule has 0 amide bonds. The minimum Gasteiger partial charge on any atom is -0.497 e. The first-order valence-corrected chi connectivity index (χ1v) is 7.88. The van der Waals surface area contributed by atoms with Crippen LogP contribution in [0.25, 0.3) is 0 Å². The predicted molar refractivity (Wildman–Crippen MR) is 88.8 cm³/mol. The molecule has 116 valence electrons. The number of ether oxygens (including phenoxy) is 2. The summed E-state index contributed by atoms with van der Waals surface area (Å²) < 4.78 is 11.6. The molecule has 1 aliphatic rings. The van der Waals surface area contributed by atoms with E-state index in [2.05, 4.69) is 17.9 Å². The van der Waals surface area contributed by atoms with Crippen LogP contribution in [-0.4, -0.2) is 25.1 Å². The molecule has 2 aromatic carbocycles. The molecule has 1 unspecified atom stereocenters. The smallest absolute Gasteiger partial charge is 0.136 e. The largest absolute Gasteiger partial charge is 0.497 e. The lowest BCUT2D eigenvalue weighted by molar-refractivity contribution is 0.152. The van der Waals surface area contributed by atoms with Crippen molar-refractivity contribution < 1.29 is 9.47 Å². The molecule has 0 saturated heterocycles. The third-order valence-electron chi connectivity index (χ3n) is 4.05. The van der Waals surface area contributed by atoms with Crippen LogP contribution in [0.1, 0.15) is 24.2 Å². The highest BCUT2D eigenvalue weighted by Crippen LogP contribution is 2.34. The predicted octanol–water partition coefficient (Wildman–Crippen LogP) is 4.30. The van der Waals surface area contributed by atoms with Gasteiger partial charge in [-0.1, -0.05) is 36.7 Å². The summed E-state index contributed by atoms with van der Waals surface area (Å²) in [7, 11) is 1.67. The molecule has 1 heterocycles. The number of likely N-dealkylation sites (N-methyl/N-ethyl adjacent to an activating group) is 1. The molecule has 0 bridgehead atoms. The molecule has 0 saturated carbocycles. The Morgan fingerprint density at radius 3 is 2.68 bits per heavy atom. The van der Waals surface area contributed by atoms with E-state index in [4.69, 9.17) is 21.1 Å². The van der Waals surface area contributed by atoms with Crippen LogP contribution in [0.5, 0.6) is 11.5 Å². The Kier molecular flexibility index (Phi) is 4.55. The highest BCUT2D eigenvalue weighted by Gasteiger charge is 2.23. The molecule has 0 aromatic heterocycles. The van der Waals surface area contributed by atoms with E-state index in [0.717, 1.165) is 41.7 Å². The second kappa shape index (κ2) is 6.59. The fourth-order valence-electron chi connectivity index (χ4n) is 2.72. The van der Waals surface area contributed by atoms with Gasteiger partial charge in [-0.3, -0.25) is 4.90 Å². The van der Waals surface area contributed by atoms with Crippen LogP contribution in [-0.2, 0) is 6.54 Å². The van der Waals surface area contributed by atoms with Gasteiger partial charge in [-0.25, -0.2) is 0 Å². The molecule has 0 spiro atoms. The lowest BCUT2D eigenvalue weighted by Gasteiger charge is -2.22. The highest BCUT2D eigenvalue weighted by atomic mass is 35.5. The number of methoxy groups -OCH3 is 1. The number of nitrogens with zero attached hydrogens (tertiary/aromatic N) is 1. The maximum Gasteiger partial charge on any atom is 0.136 e. The van der Waals surface area contributed by atoms with Gasteiger partial charge in [0.1, 0.15) is 17.6 Å². The van der Waals surface area contributed by atoms with Crippen molar-refractivity contribution in [3.8, 4) is 11.5 Å². The fourth-order valence-corrected chi connectivity index (χ4v) is 2.85. The van der Waals surface area contributed by atoms with Crippen LogP contribution >= 0.6 is 11.6 Å². The zero-order chi connectivity index (χ0) is 15.5. The van der Waals surface area contributed by atoms with E-state index in [1.54, 1.807) is 7.11 Å². The summed E-state index contributed by atoms with van der Waals surface area (Å²) in [6.45, 7) is 4.90. The van der Waals surface area contributed by atoms with Gasteiger partial charge in [-0.2, -0.15) is 0 Å². The monoisotopic (exact) mass is 317 g/mol. The molecule has 0 N–H and O–H groups in total. The maximum atomic E-state index is 6.29. The van der Waals surface area contributed by atoms with Crippen molar-refractivity contribution in [2.45, 2.75) is 19.6 Å². The van der Waals surface area contributed by atoms with Crippen molar-refractivity contribution in [2.75, 3.05) is 20.2 Å². The molecule has 0 fully saturated rings. The number of hydrogen-bond acceptors (Lipinski definition) is 3. The van der Waals surface area contributed by atoms with Crippen molar-refractivity contribution in [2.24, 2.45) is 0 Å². The van der Waals surface area contributed by atoms with Crippen molar-refractivity contribution in [3.05, 3.63) is 58.6 Å². The molecule has 0 radical (unpaired) electrons. The van der Waals surface area contributed by atoms with Gasteiger partial charge in [-0.05, 0) is 30.3 Å². The molecule has 1 aliphatic heterocycles. The second-order valence-electron chi connectivity index (χ2n) is 5.46. The molecular formula is C18H20ClNO2. The lowest BCUT2D eigenvalue weighted by Crippen LogP contribution is -2.27. The van der Waals surface area contributed by atoms with Gasteiger partial charge in [0.05, 0.1) is 7.11 Å². The SMILES string of the molecule is CCN1Cc2ccc(OC)cc2OC(c2ccc(Cl)cc2)C1. The summed E-state index contributed by atoms with van der Waals surface area (Å²) in [6, 6.07) is 13.9. The van der Waals surface area contributed by atoms with Crippen LogP contribution in [0.2, 0.25) is 5.02 Å². The van der Waals surface area contributed by atoms with Crippen LogP contribution in [0.15, 0.2) is 42.5 Å². The van der Waals surface area contributed by atoms with Crippen LogP contribution < -0.4 is 9.47 Å². The molecule has 22 heavy (non-hydrogen) atoms. The summed E-state index contributed by atoms with van der Waals surface area (Å²) in [5.74, 6) is 1.72. The third kappa shape index (κ3) is 3.21. The van der Waals surface area contributed by atoms with E-state index in [1.165, 1.54) is 5.56 Å². The van der Waals surface area contributed by atoms with Gasteiger partial charge in [0.15, 0.2) is 0 Å². The van der Waals surface area contributed by atoms with E-state index in [9.17, 15) is 0 Å². The molecule has 2 aromatic rings. The summed E-state index contributed by atoms with van der Waals surface area (Å²) >= 11 is 5.99. The van der Waals surface area contributed by atoms with Crippen LogP contribution in [0.4, 0.5) is 0 Å². The average Bonchev–Trinajstić information content (AvgIpc) is 2.73. The number of hydrogen-bond donors (Lipinski definition) is 0. The molecule has 0 aliphatic carbocycles. The summed E-state index contributed by atoms with van der Waals surface area (Å²) in [4.78, 5) is 2.39. The third-order valence-corrected chi connectivity index (χ3v) is 4.30. The molecule has 1 atom stereocenters. The lowest BCUT2D eigenvalue weighted by atomic mass is 10.1.